The minimum Gasteiger partial charge on any atom is -0.352 e. The van der Waals surface area contributed by atoms with Crippen LogP contribution in [0.15, 0.2) is 24.3 Å². The lowest BCUT2D eigenvalue weighted by atomic mass is 10.1. The SMILES string of the molecule is CCC(C(=O)NC(C)C(C)C)N(c1ccc(C)cc1)S(C)(=O)=O. The summed E-state index contributed by atoms with van der Waals surface area (Å²) in [5.74, 6) is 0.0159. The van der Waals surface area contributed by atoms with Gasteiger partial charge in [-0.25, -0.2) is 8.42 Å². The Labute approximate surface area is 140 Å². The zero-order valence-corrected chi connectivity index (χ0v) is 15.6. The van der Waals surface area contributed by atoms with E-state index in [1.807, 2.05) is 46.8 Å². The van der Waals surface area contributed by atoms with Gasteiger partial charge in [-0.3, -0.25) is 9.10 Å². The number of nitrogens with zero attached hydrogens (tertiary/aromatic N) is 1. The van der Waals surface area contributed by atoms with Gasteiger partial charge in [0.1, 0.15) is 6.04 Å². The summed E-state index contributed by atoms with van der Waals surface area (Å²) in [6.07, 6.45) is 1.53. The highest BCUT2D eigenvalue weighted by molar-refractivity contribution is 7.92. The number of carbonyl (C=O) groups excluding carboxylic acids is 1. The molecule has 0 aliphatic carbocycles. The molecule has 1 rings (SSSR count). The zero-order chi connectivity index (χ0) is 17.8. The normalized spacial score (nSPS) is 14.4. The molecule has 0 bridgehead atoms. The number of anilines is 1. The highest BCUT2D eigenvalue weighted by Gasteiger charge is 2.32. The minimum absolute atomic E-state index is 0.0176. The highest BCUT2D eigenvalue weighted by atomic mass is 32.2. The molecular weight excluding hydrogens is 312 g/mol. The van der Waals surface area contributed by atoms with E-state index in [1.54, 1.807) is 12.1 Å². The molecule has 0 fully saturated rings. The van der Waals surface area contributed by atoms with Crippen LogP contribution in [0.1, 0.15) is 39.7 Å². The lowest BCUT2D eigenvalue weighted by molar-refractivity contribution is -0.123. The number of carbonyl (C=O) groups is 1. The van der Waals surface area contributed by atoms with Gasteiger partial charge < -0.3 is 5.32 Å². The van der Waals surface area contributed by atoms with Crippen LogP contribution in [-0.2, 0) is 14.8 Å². The van der Waals surface area contributed by atoms with Crippen molar-refractivity contribution < 1.29 is 13.2 Å². The highest BCUT2D eigenvalue weighted by Crippen LogP contribution is 2.23. The second-order valence-corrected chi connectivity index (χ2v) is 8.22. The first-order chi connectivity index (χ1) is 10.6. The largest absolute Gasteiger partial charge is 0.352 e. The Balaban J connectivity index is 3.18. The molecular formula is C17H28N2O3S. The molecule has 1 amide bonds. The maximum absolute atomic E-state index is 12.6. The quantitative estimate of drug-likeness (QED) is 0.830. The van der Waals surface area contributed by atoms with Crippen LogP contribution < -0.4 is 9.62 Å². The van der Waals surface area contributed by atoms with Crippen molar-refractivity contribution in [1.82, 2.24) is 5.32 Å². The average Bonchev–Trinajstić information content (AvgIpc) is 2.44. The third kappa shape index (κ3) is 5.23. The number of rotatable bonds is 7. The van der Waals surface area contributed by atoms with Crippen LogP contribution in [0.2, 0.25) is 0 Å². The number of hydrogen-bond donors (Lipinski definition) is 1. The zero-order valence-electron chi connectivity index (χ0n) is 14.8. The van der Waals surface area contributed by atoms with E-state index in [0.29, 0.717) is 12.1 Å². The first-order valence-electron chi connectivity index (χ1n) is 7.94. The van der Waals surface area contributed by atoms with E-state index in [2.05, 4.69) is 5.32 Å². The third-order valence-electron chi connectivity index (χ3n) is 3.99. The molecule has 6 heteroatoms. The Bertz CT molecular complexity index is 624. The van der Waals surface area contributed by atoms with E-state index in [4.69, 9.17) is 0 Å². The van der Waals surface area contributed by atoms with Crippen molar-refractivity contribution >= 4 is 21.6 Å². The van der Waals surface area contributed by atoms with Crippen LogP contribution in [0, 0.1) is 12.8 Å². The van der Waals surface area contributed by atoms with Crippen molar-refractivity contribution in [2.45, 2.75) is 53.1 Å². The van der Waals surface area contributed by atoms with E-state index in [-0.39, 0.29) is 17.9 Å². The molecule has 2 unspecified atom stereocenters. The molecule has 2 atom stereocenters. The summed E-state index contributed by atoms with van der Waals surface area (Å²) in [5.41, 5.74) is 1.55. The van der Waals surface area contributed by atoms with Gasteiger partial charge in [-0.05, 0) is 38.3 Å². The third-order valence-corrected chi connectivity index (χ3v) is 5.17. The number of sulfonamides is 1. The Morgan fingerprint density at radius 2 is 1.70 bits per heavy atom. The summed E-state index contributed by atoms with van der Waals surface area (Å²) in [5, 5.41) is 2.92. The summed E-state index contributed by atoms with van der Waals surface area (Å²) in [6, 6.07) is 6.38. The lowest BCUT2D eigenvalue weighted by Gasteiger charge is -2.31. The van der Waals surface area contributed by atoms with Gasteiger partial charge in [-0.15, -0.1) is 0 Å². The van der Waals surface area contributed by atoms with E-state index < -0.39 is 16.1 Å². The molecule has 0 spiro atoms. The molecule has 1 N–H and O–H groups in total. The summed E-state index contributed by atoms with van der Waals surface area (Å²) in [6.45, 7) is 9.70. The maximum Gasteiger partial charge on any atom is 0.244 e. The predicted octanol–water partition coefficient (Wildman–Crippen LogP) is 2.70. The number of aryl methyl sites for hydroxylation is 1. The van der Waals surface area contributed by atoms with Crippen molar-refractivity contribution in [3.8, 4) is 0 Å². The van der Waals surface area contributed by atoms with Crippen molar-refractivity contribution in [3.05, 3.63) is 29.8 Å². The Morgan fingerprint density at radius 1 is 1.17 bits per heavy atom. The molecule has 0 aliphatic heterocycles. The molecule has 0 heterocycles. The maximum atomic E-state index is 12.6. The molecule has 1 aromatic carbocycles. The minimum atomic E-state index is -3.57. The molecule has 23 heavy (non-hydrogen) atoms. The molecule has 0 aliphatic rings. The summed E-state index contributed by atoms with van der Waals surface area (Å²) < 4.78 is 25.8. The Morgan fingerprint density at radius 3 is 2.09 bits per heavy atom. The predicted molar refractivity (Wildman–Crippen MR) is 95.0 cm³/mol. The van der Waals surface area contributed by atoms with Gasteiger partial charge >= 0.3 is 0 Å². The second kappa shape index (κ2) is 7.81. The van der Waals surface area contributed by atoms with Gasteiger partial charge in [-0.1, -0.05) is 38.5 Å². The molecule has 0 saturated carbocycles. The van der Waals surface area contributed by atoms with Crippen LogP contribution in [0.25, 0.3) is 0 Å². The van der Waals surface area contributed by atoms with Crippen LogP contribution >= 0.6 is 0 Å². The van der Waals surface area contributed by atoms with Gasteiger partial charge in [0.2, 0.25) is 15.9 Å². The van der Waals surface area contributed by atoms with Crippen LogP contribution in [0.5, 0.6) is 0 Å². The summed E-state index contributed by atoms with van der Waals surface area (Å²) in [4.78, 5) is 12.6. The number of nitrogens with one attached hydrogen (secondary N) is 1. The fraction of sp³-hybridized carbons (Fsp3) is 0.588. The fourth-order valence-corrected chi connectivity index (χ4v) is 3.45. The van der Waals surface area contributed by atoms with Gasteiger partial charge in [0.15, 0.2) is 0 Å². The van der Waals surface area contributed by atoms with Gasteiger partial charge in [0.25, 0.3) is 0 Å². The van der Waals surface area contributed by atoms with Crippen molar-refractivity contribution in [2.75, 3.05) is 10.6 Å². The van der Waals surface area contributed by atoms with Crippen LogP contribution in [0.3, 0.4) is 0 Å². The summed E-state index contributed by atoms with van der Waals surface area (Å²) >= 11 is 0. The fourth-order valence-electron chi connectivity index (χ4n) is 2.24. The van der Waals surface area contributed by atoms with Gasteiger partial charge in [-0.2, -0.15) is 0 Å². The number of benzene rings is 1. The smallest absolute Gasteiger partial charge is 0.244 e. The molecule has 0 radical (unpaired) electrons. The van der Waals surface area contributed by atoms with E-state index in [0.717, 1.165) is 11.8 Å². The van der Waals surface area contributed by atoms with Gasteiger partial charge in [0.05, 0.1) is 11.9 Å². The van der Waals surface area contributed by atoms with Crippen molar-refractivity contribution in [3.63, 3.8) is 0 Å². The second-order valence-electron chi connectivity index (χ2n) is 6.36. The molecule has 1 aromatic rings. The average molecular weight is 340 g/mol. The Hall–Kier alpha value is -1.56. The number of amides is 1. The molecule has 130 valence electrons. The summed E-state index contributed by atoms with van der Waals surface area (Å²) in [7, 11) is -3.57. The lowest BCUT2D eigenvalue weighted by Crippen LogP contribution is -2.51. The van der Waals surface area contributed by atoms with Crippen molar-refractivity contribution in [2.24, 2.45) is 5.92 Å². The van der Waals surface area contributed by atoms with Crippen LogP contribution in [0.4, 0.5) is 5.69 Å². The molecule has 0 aromatic heterocycles. The standard InChI is InChI=1S/C17H28N2O3S/c1-7-16(17(20)18-14(5)12(2)3)19(23(6,21)22)15-10-8-13(4)9-11-15/h8-12,14,16H,7H2,1-6H3,(H,18,20). The van der Waals surface area contributed by atoms with E-state index in [1.165, 1.54) is 4.31 Å². The van der Waals surface area contributed by atoms with E-state index in [9.17, 15) is 13.2 Å². The van der Waals surface area contributed by atoms with E-state index >= 15 is 0 Å². The molecule has 0 saturated heterocycles. The Kier molecular flexibility index (Phi) is 6.62. The first-order valence-corrected chi connectivity index (χ1v) is 9.79. The first kappa shape index (κ1) is 19.5. The van der Waals surface area contributed by atoms with Gasteiger partial charge in [0, 0.05) is 6.04 Å². The van der Waals surface area contributed by atoms with Crippen LogP contribution in [-0.4, -0.2) is 32.7 Å². The van der Waals surface area contributed by atoms with Crippen molar-refractivity contribution in [1.29, 1.82) is 0 Å². The molecule has 5 nitrogen and oxygen atoms in total. The number of hydrogen-bond acceptors (Lipinski definition) is 3. The monoisotopic (exact) mass is 340 g/mol. The topological polar surface area (TPSA) is 66.5 Å².